The van der Waals surface area contributed by atoms with Crippen LogP contribution in [-0.4, -0.2) is 61.5 Å². The number of rotatable bonds is 9. The summed E-state index contributed by atoms with van der Waals surface area (Å²) < 4.78 is 1.82. The van der Waals surface area contributed by atoms with Crippen LogP contribution in [0.5, 0.6) is 0 Å². The van der Waals surface area contributed by atoms with Crippen LogP contribution in [0.2, 0.25) is 5.02 Å². The van der Waals surface area contributed by atoms with Gasteiger partial charge in [0.1, 0.15) is 6.04 Å². The lowest BCUT2D eigenvalue weighted by Gasteiger charge is -2.14. The maximum atomic E-state index is 13.0. The molecule has 1 atom stereocenters. The number of imide groups is 1. The van der Waals surface area contributed by atoms with Crippen molar-refractivity contribution in [2.75, 3.05) is 13.1 Å². The number of urea groups is 1. The van der Waals surface area contributed by atoms with Gasteiger partial charge in [0.25, 0.3) is 11.8 Å². The molecule has 1 aliphatic heterocycles. The molecular weight excluding hydrogens is 542 g/mol. The molecular formula is C30H28ClN7O3. The van der Waals surface area contributed by atoms with E-state index in [9.17, 15) is 14.4 Å². The summed E-state index contributed by atoms with van der Waals surface area (Å²) in [5, 5.41) is 11.5. The number of benzene rings is 2. The number of H-pyrrole nitrogens is 1. The van der Waals surface area contributed by atoms with Gasteiger partial charge in [-0.3, -0.25) is 14.5 Å². The Bertz CT molecular complexity index is 1790. The topological polar surface area (TPSA) is 124 Å². The van der Waals surface area contributed by atoms with E-state index in [0.29, 0.717) is 17.0 Å². The molecule has 0 saturated carbocycles. The van der Waals surface area contributed by atoms with E-state index in [-0.39, 0.29) is 24.9 Å². The predicted octanol–water partition coefficient (Wildman–Crippen LogP) is 3.85. The van der Waals surface area contributed by atoms with Gasteiger partial charge in [0.2, 0.25) is 0 Å². The van der Waals surface area contributed by atoms with Crippen LogP contribution < -0.4 is 10.6 Å². The number of fused-ring (bicyclic) bond motifs is 2. The van der Waals surface area contributed by atoms with Gasteiger partial charge in [-0.2, -0.15) is 5.10 Å². The number of aryl methyl sites for hydroxylation is 3. The summed E-state index contributed by atoms with van der Waals surface area (Å²) in [7, 11) is 0. The average Bonchev–Trinajstić information content (AvgIpc) is 3.65. The zero-order chi connectivity index (χ0) is 28.5. The lowest BCUT2D eigenvalue weighted by Crippen LogP contribution is -2.39. The number of hydrogen-bond acceptors (Lipinski definition) is 5. The fourth-order valence-corrected chi connectivity index (χ4v) is 5.50. The summed E-state index contributed by atoms with van der Waals surface area (Å²) >= 11 is 6.25. The van der Waals surface area contributed by atoms with Gasteiger partial charge in [-0.1, -0.05) is 29.8 Å². The van der Waals surface area contributed by atoms with Crippen LogP contribution in [-0.2, 0) is 24.1 Å². The molecule has 5 aromatic rings. The van der Waals surface area contributed by atoms with Crippen molar-refractivity contribution in [2.24, 2.45) is 0 Å². The molecule has 41 heavy (non-hydrogen) atoms. The van der Waals surface area contributed by atoms with E-state index < -0.39 is 12.1 Å². The van der Waals surface area contributed by atoms with Crippen molar-refractivity contribution in [1.82, 2.24) is 35.1 Å². The fraction of sp³-hybridized carbons (Fsp3) is 0.233. The van der Waals surface area contributed by atoms with Gasteiger partial charge in [-0.05, 0) is 66.8 Å². The molecule has 208 valence electrons. The Labute approximate surface area is 240 Å². The van der Waals surface area contributed by atoms with E-state index in [1.54, 1.807) is 18.3 Å². The predicted molar refractivity (Wildman–Crippen MR) is 155 cm³/mol. The minimum atomic E-state index is -0.682. The molecule has 2 aromatic carbocycles. The summed E-state index contributed by atoms with van der Waals surface area (Å²) in [4.78, 5) is 47.2. The normalized spacial score (nSPS) is 15.2. The Morgan fingerprint density at radius 1 is 1.10 bits per heavy atom. The maximum Gasteiger partial charge on any atom is 0.324 e. The van der Waals surface area contributed by atoms with Crippen LogP contribution in [0.15, 0.2) is 67.1 Å². The van der Waals surface area contributed by atoms with Crippen LogP contribution in [0.1, 0.15) is 32.7 Å². The van der Waals surface area contributed by atoms with Gasteiger partial charge in [-0.25, -0.2) is 14.3 Å². The van der Waals surface area contributed by atoms with Crippen molar-refractivity contribution in [1.29, 1.82) is 0 Å². The molecule has 1 saturated heterocycles. The monoisotopic (exact) mass is 569 g/mol. The van der Waals surface area contributed by atoms with Gasteiger partial charge in [0.05, 0.1) is 22.4 Å². The Hall–Kier alpha value is -4.70. The van der Waals surface area contributed by atoms with E-state index in [1.807, 2.05) is 60.2 Å². The highest BCUT2D eigenvalue weighted by Gasteiger charge is 2.38. The Morgan fingerprint density at radius 2 is 1.98 bits per heavy atom. The molecule has 1 fully saturated rings. The van der Waals surface area contributed by atoms with Gasteiger partial charge in [-0.15, -0.1) is 0 Å². The van der Waals surface area contributed by atoms with Gasteiger partial charge < -0.3 is 15.6 Å². The number of halogens is 1. The molecule has 1 unspecified atom stereocenters. The zero-order valence-electron chi connectivity index (χ0n) is 22.4. The van der Waals surface area contributed by atoms with Crippen molar-refractivity contribution in [3.8, 4) is 0 Å². The Balaban J connectivity index is 1.04. The molecule has 11 heteroatoms. The fourth-order valence-electron chi connectivity index (χ4n) is 5.27. The number of hydrogen-bond donors (Lipinski definition) is 3. The second-order valence-electron chi connectivity index (χ2n) is 10.1. The van der Waals surface area contributed by atoms with Crippen molar-refractivity contribution < 1.29 is 14.4 Å². The number of nitrogens with one attached hydrogen (secondary N) is 3. The third kappa shape index (κ3) is 5.26. The second kappa shape index (κ2) is 11.1. The number of nitrogens with zero attached hydrogens (tertiary/aromatic N) is 4. The van der Waals surface area contributed by atoms with Gasteiger partial charge in [0.15, 0.2) is 5.65 Å². The molecule has 10 nitrogen and oxygen atoms in total. The van der Waals surface area contributed by atoms with E-state index in [4.69, 9.17) is 11.6 Å². The van der Waals surface area contributed by atoms with Crippen LogP contribution in [0.25, 0.3) is 16.6 Å². The first-order valence-corrected chi connectivity index (χ1v) is 13.8. The number of para-hydroxylation sites is 1. The van der Waals surface area contributed by atoms with Crippen molar-refractivity contribution in [2.45, 2.75) is 32.2 Å². The molecule has 0 aliphatic carbocycles. The van der Waals surface area contributed by atoms with Crippen LogP contribution >= 0.6 is 11.6 Å². The van der Waals surface area contributed by atoms with Crippen LogP contribution in [0.4, 0.5) is 4.79 Å². The average molecular weight is 570 g/mol. The summed E-state index contributed by atoms with van der Waals surface area (Å²) in [6, 6.07) is 13.8. The lowest BCUT2D eigenvalue weighted by molar-refractivity contribution is -0.127. The molecule has 4 heterocycles. The van der Waals surface area contributed by atoms with E-state index >= 15 is 0 Å². The largest absolute Gasteiger partial charge is 0.360 e. The van der Waals surface area contributed by atoms with E-state index in [1.165, 1.54) is 0 Å². The van der Waals surface area contributed by atoms with Gasteiger partial charge in [0, 0.05) is 42.9 Å². The first-order valence-electron chi connectivity index (χ1n) is 13.4. The van der Waals surface area contributed by atoms with Crippen molar-refractivity contribution >= 4 is 46.0 Å². The van der Waals surface area contributed by atoms with Crippen LogP contribution in [0, 0.1) is 6.92 Å². The number of aromatic amines is 1. The molecule has 0 radical (unpaired) electrons. The number of aromatic nitrogens is 4. The molecule has 3 aromatic heterocycles. The molecule has 0 spiro atoms. The third-order valence-electron chi connectivity index (χ3n) is 7.51. The van der Waals surface area contributed by atoms with Crippen molar-refractivity contribution in [3.05, 3.63) is 100 Å². The zero-order valence-corrected chi connectivity index (χ0v) is 23.1. The summed E-state index contributed by atoms with van der Waals surface area (Å²) in [5.41, 5.74) is 6.15. The Morgan fingerprint density at radius 3 is 2.85 bits per heavy atom. The molecule has 3 N–H and O–H groups in total. The maximum absolute atomic E-state index is 13.0. The molecule has 4 amide bonds. The summed E-state index contributed by atoms with van der Waals surface area (Å²) in [6.07, 6.45) is 7.15. The number of carbonyl (C=O) groups is 3. The number of carbonyl (C=O) groups excluding carboxylic acids is 3. The molecule has 6 rings (SSSR count). The number of amides is 4. The highest BCUT2D eigenvalue weighted by Crippen LogP contribution is 2.26. The summed E-state index contributed by atoms with van der Waals surface area (Å²) in [5.74, 6) is -0.581. The smallest absolute Gasteiger partial charge is 0.324 e. The standard InChI is InChI=1S/C30H28ClN7O3/c1-18-7-8-20(14-19(18)9-10-22-17-33-26-6-3-11-35-38(22)26)28(39)32-12-13-37-29(40)25(36-30(37)41)15-21-16-34-27-23(21)4-2-5-24(27)31/h2-8,11,14,16-17,25,34H,9-10,12-13,15H2,1H3,(H,32,39)(H,36,41). The van der Waals surface area contributed by atoms with Gasteiger partial charge >= 0.3 is 6.03 Å². The first kappa shape index (κ1) is 26.5. The highest BCUT2D eigenvalue weighted by atomic mass is 35.5. The minimum absolute atomic E-state index is 0.0760. The van der Waals surface area contributed by atoms with E-state index in [2.05, 4.69) is 25.7 Å². The quantitative estimate of drug-likeness (QED) is 0.233. The van der Waals surface area contributed by atoms with Crippen molar-refractivity contribution in [3.63, 3.8) is 0 Å². The lowest BCUT2D eigenvalue weighted by atomic mass is 10.00. The van der Waals surface area contributed by atoms with E-state index in [0.717, 1.165) is 56.7 Å². The molecule has 0 bridgehead atoms. The SMILES string of the molecule is Cc1ccc(C(=O)NCCN2C(=O)NC(Cc3c[nH]c4c(Cl)cccc34)C2=O)cc1CCc1cnc2cccnn12. The Kier molecular flexibility index (Phi) is 7.15. The summed E-state index contributed by atoms with van der Waals surface area (Å²) in [6.45, 7) is 2.24. The minimum Gasteiger partial charge on any atom is -0.360 e. The highest BCUT2D eigenvalue weighted by molar-refractivity contribution is 6.35. The van der Waals surface area contributed by atoms with Crippen LogP contribution in [0.3, 0.4) is 0 Å². The first-order chi connectivity index (χ1) is 19.9. The second-order valence-corrected chi connectivity index (χ2v) is 10.5. The third-order valence-corrected chi connectivity index (χ3v) is 7.83. The number of imidazole rings is 1. The molecule has 1 aliphatic rings.